The summed E-state index contributed by atoms with van der Waals surface area (Å²) >= 11 is 5.97. The number of benzene rings is 1. The van der Waals surface area contributed by atoms with E-state index in [9.17, 15) is 14.4 Å². The van der Waals surface area contributed by atoms with Gasteiger partial charge in [-0.05, 0) is 25.0 Å². The lowest BCUT2D eigenvalue weighted by molar-refractivity contribution is -0.123. The molecule has 0 aromatic heterocycles. The zero-order chi connectivity index (χ0) is 14.3. The van der Waals surface area contributed by atoms with E-state index >= 15 is 0 Å². The van der Waals surface area contributed by atoms with Crippen LogP contribution in [0.3, 0.4) is 0 Å². The van der Waals surface area contributed by atoms with Crippen LogP contribution in [0.4, 0.5) is 5.69 Å². The third kappa shape index (κ3) is 2.04. The van der Waals surface area contributed by atoms with E-state index in [2.05, 4.69) is 0 Å². The van der Waals surface area contributed by atoms with E-state index in [0.717, 1.165) is 25.7 Å². The minimum absolute atomic E-state index is 0.0252. The molecule has 0 spiro atoms. The van der Waals surface area contributed by atoms with Gasteiger partial charge in [0.1, 0.15) is 0 Å². The number of carbonyl (C=O) groups excluding carboxylic acids is 3. The molecule has 0 saturated heterocycles. The van der Waals surface area contributed by atoms with Gasteiger partial charge in [-0.3, -0.25) is 19.3 Å². The second-order valence-corrected chi connectivity index (χ2v) is 5.71. The molecular formula is C15H14ClNO3. The van der Waals surface area contributed by atoms with Crippen LogP contribution < -0.4 is 4.90 Å². The summed E-state index contributed by atoms with van der Waals surface area (Å²) in [6.45, 7) is -0.0252. The van der Waals surface area contributed by atoms with Crippen molar-refractivity contribution < 1.29 is 14.4 Å². The van der Waals surface area contributed by atoms with Gasteiger partial charge in [0.15, 0.2) is 5.78 Å². The molecule has 2 aliphatic rings. The molecule has 0 radical (unpaired) electrons. The number of rotatable bonds is 3. The predicted octanol–water partition coefficient (Wildman–Crippen LogP) is 2.63. The molecule has 104 valence electrons. The van der Waals surface area contributed by atoms with Crippen molar-refractivity contribution >= 4 is 34.8 Å². The van der Waals surface area contributed by atoms with Crippen molar-refractivity contribution in [2.45, 2.75) is 25.7 Å². The Hall–Kier alpha value is -1.68. The number of nitrogens with zero attached hydrogens (tertiary/aromatic N) is 1. The Morgan fingerprint density at radius 2 is 1.95 bits per heavy atom. The second-order valence-electron chi connectivity index (χ2n) is 5.30. The number of Topliss-reactive ketones (excluding diaryl/α,β-unsaturated/α-hetero) is 2. The topological polar surface area (TPSA) is 54.5 Å². The van der Waals surface area contributed by atoms with Crippen LogP contribution in [0.2, 0.25) is 5.02 Å². The normalized spacial score (nSPS) is 18.8. The van der Waals surface area contributed by atoms with Crippen molar-refractivity contribution in [3.8, 4) is 0 Å². The molecule has 1 aromatic carbocycles. The van der Waals surface area contributed by atoms with Crippen LogP contribution in [-0.2, 0) is 9.59 Å². The number of fused-ring (bicyclic) bond motifs is 1. The van der Waals surface area contributed by atoms with Gasteiger partial charge in [-0.1, -0.05) is 30.5 Å². The van der Waals surface area contributed by atoms with Crippen molar-refractivity contribution in [3.05, 3.63) is 28.8 Å². The van der Waals surface area contributed by atoms with Crippen molar-refractivity contribution in [3.63, 3.8) is 0 Å². The molecule has 0 atom stereocenters. The number of ketones is 2. The number of anilines is 1. The molecule has 1 heterocycles. The third-order valence-corrected chi connectivity index (χ3v) is 4.39. The molecule has 1 aliphatic carbocycles. The third-order valence-electron chi connectivity index (χ3n) is 4.07. The first-order valence-electron chi connectivity index (χ1n) is 6.77. The summed E-state index contributed by atoms with van der Waals surface area (Å²) in [6, 6.07) is 4.92. The van der Waals surface area contributed by atoms with Gasteiger partial charge in [0.05, 0.1) is 22.8 Å². The van der Waals surface area contributed by atoms with Gasteiger partial charge < -0.3 is 0 Å². The Morgan fingerprint density at radius 1 is 1.25 bits per heavy atom. The zero-order valence-corrected chi connectivity index (χ0v) is 11.7. The van der Waals surface area contributed by atoms with Gasteiger partial charge in [-0.25, -0.2) is 0 Å². The smallest absolute Gasteiger partial charge is 0.297 e. The molecule has 5 heteroatoms. The maximum Gasteiger partial charge on any atom is 0.299 e. The monoisotopic (exact) mass is 291 g/mol. The molecule has 1 fully saturated rings. The van der Waals surface area contributed by atoms with Crippen molar-refractivity contribution in [2.75, 3.05) is 11.4 Å². The van der Waals surface area contributed by atoms with E-state index in [-0.39, 0.29) is 28.8 Å². The first kappa shape index (κ1) is 13.3. The summed E-state index contributed by atoms with van der Waals surface area (Å²) in [7, 11) is 0. The summed E-state index contributed by atoms with van der Waals surface area (Å²) in [5.41, 5.74) is 0.678. The van der Waals surface area contributed by atoms with E-state index in [1.165, 1.54) is 4.90 Å². The first-order chi connectivity index (χ1) is 9.59. The lowest BCUT2D eigenvalue weighted by Crippen LogP contribution is -2.36. The predicted molar refractivity (Wildman–Crippen MR) is 75.1 cm³/mol. The van der Waals surface area contributed by atoms with Crippen LogP contribution in [0.1, 0.15) is 36.0 Å². The highest BCUT2D eigenvalue weighted by Crippen LogP contribution is 2.35. The zero-order valence-electron chi connectivity index (χ0n) is 10.9. The average molecular weight is 292 g/mol. The lowest BCUT2D eigenvalue weighted by atomic mass is 10.0. The van der Waals surface area contributed by atoms with Crippen LogP contribution in [0.5, 0.6) is 0 Å². The first-order valence-corrected chi connectivity index (χ1v) is 7.15. The lowest BCUT2D eigenvalue weighted by Gasteiger charge is -2.17. The van der Waals surface area contributed by atoms with E-state index in [1.54, 1.807) is 18.2 Å². The molecule has 4 nitrogen and oxygen atoms in total. The van der Waals surface area contributed by atoms with Crippen molar-refractivity contribution in [1.29, 1.82) is 0 Å². The van der Waals surface area contributed by atoms with Gasteiger partial charge in [0.25, 0.3) is 11.7 Å². The minimum atomic E-state index is -0.653. The summed E-state index contributed by atoms with van der Waals surface area (Å²) < 4.78 is 0. The molecule has 1 aliphatic heterocycles. The molecule has 1 amide bonds. The fourth-order valence-electron chi connectivity index (χ4n) is 2.99. The average Bonchev–Trinajstić information content (AvgIpc) is 3.03. The summed E-state index contributed by atoms with van der Waals surface area (Å²) in [4.78, 5) is 37.5. The van der Waals surface area contributed by atoms with E-state index in [4.69, 9.17) is 11.6 Å². The van der Waals surface area contributed by atoms with Gasteiger partial charge in [-0.15, -0.1) is 0 Å². The summed E-state index contributed by atoms with van der Waals surface area (Å²) in [6.07, 6.45) is 3.89. The fourth-order valence-corrected chi connectivity index (χ4v) is 3.25. The van der Waals surface area contributed by atoms with Crippen molar-refractivity contribution in [1.82, 2.24) is 0 Å². The largest absolute Gasteiger partial charge is 0.299 e. The Morgan fingerprint density at radius 3 is 2.65 bits per heavy atom. The molecule has 1 aromatic rings. The highest BCUT2D eigenvalue weighted by atomic mass is 35.5. The molecular weight excluding hydrogens is 278 g/mol. The van der Waals surface area contributed by atoms with Crippen LogP contribution in [0.25, 0.3) is 0 Å². The number of hydrogen-bond acceptors (Lipinski definition) is 3. The van der Waals surface area contributed by atoms with Crippen molar-refractivity contribution in [2.24, 2.45) is 5.92 Å². The molecule has 0 bridgehead atoms. The van der Waals surface area contributed by atoms with Gasteiger partial charge in [0.2, 0.25) is 0 Å². The SMILES string of the molecule is O=C1C(=O)N(CC(=O)C2CCCC2)c2cccc(Cl)c21. The highest BCUT2D eigenvalue weighted by molar-refractivity contribution is 6.55. The Kier molecular flexibility index (Phi) is 3.34. The molecule has 0 unspecified atom stereocenters. The highest BCUT2D eigenvalue weighted by Gasteiger charge is 2.39. The van der Waals surface area contributed by atoms with Crippen LogP contribution in [0, 0.1) is 5.92 Å². The Balaban J connectivity index is 1.88. The van der Waals surface area contributed by atoms with Crippen LogP contribution in [-0.4, -0.2) is 24.0 Å². The number of carbonyl (C=O) groups is 3. The van der Waals surface area contributed by atoms with Crippen LogP contribution >= 0.6 is 11.6 Å². The fraction of sp³-hybridized carbons (Fsp3) is 0.400. The summed E-state index contributed by atoms with van der Waals surface area (Å²) in [5.74, 6) is -1.21. The van der Waals surface area contributed by atoms with Crippen LogP contribution in [0.15, 0.2) is 18.2 Å². The molecule has 3 rings (SSSR count). The van der Waals surface area contributed by atoms with E-state index < -0.39 is 11.7 Å². The second kappa shape index (κ2) is 5.02. The van der Waals surface area contributed by atoms with Gasteiger partial charge in [0, 0.05) is 5.92 Å². The van der Waals surface area contributed by atoms with Gasteiger partial charge >= 0.3 is 0 Å². The minimum Gasteiger partial charge on any atom is -0.297 e. The number of hydrogen-bond donors (Lipinski definition) is 0. The standard InChI is InChI=1S/C15H14ClNO3/c16-10-6-3-7-11-13(10)14(19)15(20)17(11)8-12(18)9-4-1-2-5-9/h3,6-7,9H,1-2,4-5,8H2. The van der Waals surface area contributed by atoms with E-state index in [0.29, 0.717) is 5.69 Å². The quantitative estimate of drug-likeness (QED) is 0.805. The number of halogens is 1. The molecule has 0 N–H and O–H groups in total. The number of amides is 1. The van der Waals surface area contributed by atoms with Gasteiger partial charge in [-0.2, -0.15) is 0 Å². The Labute approximate surface area is 121 Å². The molecule has 1 saturated carbocycles. The maximum absolute atomic E-state index is 12.2. The maximum atomic E-state index is 12.2. The molecule has 20 heavy (non-hydrogen) atoms. The summed E-state index contributed by atoms with van der Waals surface area (Å²) in [5, 5.41) is 0.261. The van der Waals surface area contributed by atoms with E-state index in [1.807, 2.05) is 0 Å². The Bertz CT molecular complexity index is 605.